The molecule has 0 fully saturated rings. The summed E-state index contributed by atoms with van der Waals surface area (Å²) < 4.78 is 11.4. The van der Waals surface area contributed by atoms with E-state index < -0.39 is 5.91 Å². The van der Waals surface area contributed by atoms with Crippen molar-refractivity contribution in [2.45, 2.75) is 6.61 Å². The first-order valence-corrected chi connectivity index (χ1v) is 11.8. The van der Waals surface area contributed by atoms with Gasteiger partial charge in [-0.15, -0.1) is 0 Å². The molecular weight excluding hydrogens is 490 g/mol. The van der Waals surface area contributed by atoms with Crippen molar-refractivity contribution in [3.05, 3.63) is 125 Å². The number of ether oxygens (including phenoxy) is 2. The topological polar surface area (TPSA) is 89.0 Å². The Hall–Kier alpha value is -4.62. The van der Waals surface area contributed by atoms with Gasteiger partial charge in [-0.2, -0.15) is 5.10 Å². The fraction of sp³-hybridized carbons (Fsp3) is 0.0690. The van der Waals surface area contributed by atoms with Gasteiger partial charge in [-0.3, -0.25) is 9.59 Å². The number of amides is 2. The molecular formula is C29H24ClN3O4. The Bertz CT molecular complexity index is 1380. The molecule has 0 heterocycles. The molecule has 0 radical (unpaired) electrons. The van der Waals surface area contributed by atoms with Crippen LogP contribution in [0.4, 0.5) is 5.69 Å². The van der Waals surface area contributed by atoms with Crippen molar-refractivity contribution < 1.29 is 19.1 Å². The minimum absolute atomic E-state index is 0.115. The first-order valence-electron chi connectivity index (χ1n) is 11.4. The van der Waals surface area contributed by atoms with Crippen molar-refractivity contribution in [1.29, 1.82) is 0 Å². The number of nitrogens with zero attached hydrogens (tertiary/aromatic N) is 1. The van der Waals surface area contributed by atoms with Gasteiger partial charge in [-0.05, 0) is 60.2 Å². The fourth-order valence-electron chi connectivity index (χ4n) is 3.29. The molecule has 37 heavy (non-hydrogen) atoms. The SMILES string of the molecule is O=C(COc1ccc(/C=N/NC(=O)c2ccccc2OCc2ccccc2Cl)cc1)Nc1ccccc1. The van der Waals surface area contributed by atoms with E-state index in [1.54, 1.807) is 66.7 Å². The molecule has 0 aliphatic heterocycles. The molecule has 0 spiro atoms. The molecule has 0 aliphatic rings. The number of benzene rings is 4. The standard InChI is InChI=1S/C29H24ClN3O4/c30-26-12-6-4-8-22(26)19-37-27-13-7-5-11-25(27)29(35)33-31-18-21-14-16-24(17-15-21)36-20-28(34)32-23-9-2-1-3-10-23/h1-18H,19-20H2,(H,32,34)(H,33,35)/b31-18+. The van der Waals surface area contributed by atoms with E-state index in [0.717, 1.165) is 11.1 Å². The summed E-state index contributed by atoms with van der Waals surface area (Å²) in [5.41, 5.74) is 5.14. The number of hydrazone groups is 1. The van der Waals surface area contributed by atoms with Gasteiger partial charge in [0.1, 0.15) is 18.1 Å². The van der Waals surface area contributed by atoms with Gasteiger partial charge < -0.3 is 14.8 Å². The Labute approximate surface area is 219 Å². The Morgan fingerprint density at radius 1 is 0.811 bits per heavy atom. The Kier molecular flexibility index (Phi) is 8.88. The third-order valence-electron chi connectivity index (χ3n) is 5.16. The Morgan fingerprint density at radius 2 is 1.51 bits per heavy atom. The average molecular weight is 514 g/mol. The number of anilines is 1. The summed E-state index contributed by atoms with van der Waals surface area (Å²) in [6.45, 7) is 0.117. The molecule has 2 amide bonds. The van der Waals surface area contributed by atoms with E-state index in [9.17, 15) is 9.59 Å². The number of hydrogen-bond donors (Lipinski definition) is 2. The molecule has 4 aromatic rings. The van der Waals surface area contributed by atoms with Crippen molar-refractivity contribution in [3.8, 4) is 11.5 Å². The van der Waals surface area contributed by atoms with Gasteiger partial charge in [-0.1, -0.05) is 60.1 Å². The van der Waals surface area contributed by atoms with Crippen LogP contribution >= 0.6 is 11.6 Å². The van der Waals surface area contributed by atoms with Crippen LogP contribution in [0.25, 0.3) is 0 Å². The van der Waals surface area contributed by atoms with Crippen molar-refractivity contribution in [2.24, 2.45) is 5.10 Å². The molecule has 8 heteroatoms. The van der Waals surface area contributed by atoms with Crippen molar-refractivity contribution in [3.63, 3.8) is 0 Å². The fourth-order valence-corrected chi connectivity index (χ4v) is 3.48. The van der Waals surface area contributed by atoms with E-state index in [1.165, 1.54) is 6.21 Å². The summed E-state index contributed by atoms with van der Waals surface area (Å²) >= 11 is 6.19. The van der Waals surface area contributed by atoms with E-state index >= 15 is 0 Å². The lowest BCUT2D eigenvalue weighted by Gasteiger charge is -2.11. The van der Waals surface area contributed by atoms with E-state index in [4.69, 9.17) is 21.1 Å². The number of hydrogen-bond acceptors (Lipinski definition) is 5. The van der Waals surface area contributed by atoms with E-state index in [0.29, 0.717) is 27.8 Å². The van der Waals surface area contributed by atoms with Crippen LogP contribution in [0.3, 0.4) is 0 Å². The summed E-state index contributed by atoms with van der Waals surface area (Å²) in [5, 5.41) is 7.39. The molecule has 7 nitrogen and oxygen atoms in total. The van der Waals surface area contributed by atoms with Crippen molar-refractivity contribution in [2.75, 3.05) is 11.9 Å². The highest BCUT2D eigenvalue weighted by atomic mass is 35.5. The first kappa shape index (κ1) is 25.5. The lowest BCUT2D eigenvalue weighted by atomic mass is 10.2. The molecule has 0 aliphatic carbocycles. The van der Waals surface area contributed by atoms with Crippen molar-refractivity contribution in [1.82, 2.24) is 5.43 Å². The quantitative estimate of drug-likeness (QED) is 0.210. The molecule has 0 aromatic heterocycles. The third kappa shape index (κ3) is 7.68. The third-order valence-corrected chi connectivity index (χ3v) is 5.53. The van der Waals surface area contributed by atoms with Gasteiger partial charge in [0.25, 0.3) is 11.8 Å². The normalized spacial score (nSPS) is 10.6. The largest absolute Gasteiger partial charge is 0.488 e. The molecule has 4 rings (SSSR count). The van der Waals surface area contributed by atoms with Crippen molar-refractivity contribution >= 4 is 35.3 Å². The molecule has 0 saturated carbocycles. The van der Waals surface area contributed by atoms with Gasteiger partial charge in [0.05, 0.1) is 11.8 Å². The number of nitrogens with one attached hydrogen (secondary N) is 2. The zero-order chi connectivity index (χ0) is 25.9. The van der Waals surface area contributed by atoms with Crippen LogP contribution < -0.4 is 20.2 Å². The number of carbonyl (C=O) groups is 2. The first-order chi connectivity index (χ1) is 18.1. The van der Waals surface area contributed by atoms with Crippen LogP contribution in [-0.2, 0) is 11.4 Å². The molecule has 0 saturated heterocycles. The maximum atomic E-state index is 12.7. The monoisotopic (exact) mass is 513 g/mol. The molecule has 186 valence electrons. The molecule has 0 unspecified atom stereocenters. The summed E-state index contributed by atoms with van der Waals surface area (Å²) in [7, 11) is 0. The van der Waals surface area contributed by atoms with Crippen LogP contribution in [0, 0.1) is 0 Å². The highest BCUT2D eigenvalue weighted by Crippen LogP contribution is 2.22. The summed E-state index contributed by atoms with van der Waals surface area (Å²) in [4.78, 5) is 24.7. The van der Waals surface area contributed by atoms with Gasteiger partial charge in [0, 0.05) is 16.3 Å². The Morgan fingerprint density at radius 3 is 2.30 bits per heavy atom. The summed E-state index contributed by atoms with van der Waals surface area (Å²) in [5.74, 6) is 0.299. The maximum absolute atomic E-state index is 12.7. The lowest BCUT2D eigenvalue weighted by Crippen LogP contribution is -2.20. The predicted molar refractivity (Wildman–Crippen MR) is 144 cm³/mol. The van der Waals surface area contributed by atoms with Crippen LogP contribution in [-0.4, -0.2) is 24.6 Å². The second-order valence-corrected chi connectivity index (χ2v) is 8.25. The predicted octanol–water partition coefficient (Wildman–Crippen LogP) is 5.70. The zero-order valence-corrected chi connectivity index (χ0v) is 20.5. The average Bonchev–Trinajstić information content (AvgIpc) is 2.93. The Balaban J connectivity index is 1.27. The molecule has 0 atom stereocenters. The number of para-hydroxylation sites is 2. The van der Waals surface area contributed by atoms with E-state index in [1.807, 2.05) is 36.4 Å². The maximum Gasteiger partial charge on any atom is 0.275 e. The van der Waals surface area contributed by atoms with Gasteiger partial charge >= 0.3 is 0 Å². The van der Waals surface area contributed by atoms with Gasteiger partial charge in [-0.25, -0.2) is 5.43 Å². The number of rotatable bonds is 10. The second-order valence-electron chi connectivity index (χ2n) is 7.85. The van der Waals surface area contributed by atoms with Gasteiger partial charge in [0.15, 0.2) is 6.61 Å². The van der Waals surface area contributed by atoms with E-state index in [-0.39, 0.29) is 19.1 Å². The number of halogens is 1. The number of carbonyl (C=O) groups excluding carboxylic acids is 2. The van der Waals surface area contributed by atoms with Crippen LogP contribution in [0.1, 0.15) is 21.5 Å². The minimum atomic E-state index is -0.407. The second kappa shape index (κ2) is 12.9. The van der Waals surface area contributed by atoms with Gasteiger partial charge in [0.2, 0.25) is 0 Å². The highest BCUT2D eigenvalue weighted by Gasteiger charge is 2.12. The lowest BCUT2D eigenvalue weighted by molar-refractivity contribution is -0.118. The van der Waals surface area contributed by atoms with Crippen LogP contribution in [0.15, 0.2) is 108 Å². The van der Waals surface area contributed by atoms with Crippen LogP contribution in [0.2, 0.25) is 5.02 Å². The molecule has 0 bridgehead atoms. The highest BCUT2D eigenvalue weighted by molar-refractivity contribution is 6.31. The molecule has 2 N–H and O–H groups in total. The molecule has 4 aromatic carbocycles. The van der Waals surface area contributed by atoms with E-state index in [2.05, 4.69) is 15.8 Å². The minimum Gasteiger partial charge on any atom is -0.488 e. The summed E-state index contributed by atoms with van der Waals surface area (Å²) in [6, 6.07) is 30.4. The smallest absolute Gasteiger partial charge is 0.275 e. The summed E-state index contributed by atoms with van der Waals surface area (Å²) in [6.07, 6.45) is 1.51. The van der Waals surface area contributed by atoms with Crippen LogP contribution in [0.5, 0.6) is 11.5 Å². The zero-order valence-electron chi connectivity index (χ0n) is 19.8.